The van der Waals surface area contributed by atoms with E-state index in [0.717, 1.165) is 12.1 Å². The van der Waals surface area contributed by atoms with E-state index in [1.165, 1.54) is 19.3 Å². The van der Waals surface area contributed by atoms with Gasteiger partial charge in [0.1, 0.15) is 6.54 Å². The molecule has 2 heteroatoms. The van der Waals surface area contributed by atoms with E-state index in [1.807, 2.05) is 24.5 Å². The molecule has 1 heterocycles. The Morgan fingerprint density at radius 3 is 2.46 bits per heavy atom. The van der Waals surface area contributed by atoms with Crippen LogP contribution in [0.2, 0.25) is 0 Å². The van der Waals surface area contributed by atoms with Crippen LogP contribution in [-0.2, 0) is 13.2 Å². The number of aliphatic hydroxyl groups is 1. The van der Waals surface area contributed by atoms with Crippen molar-refractivity contribution >= 4 is 0 Å². The number of hydrogen-bond acceptors (Lipinski definition) is 1. The second-order valence-corrected chi connectivity index (χ2v) is 3.31. The number of unbranched alkanes of at least 4 members (excludes halogenated alkanes) is 2. The zero-order valence-electron chi connectivity index (χ0n) is 8.24. The third-order valence-electron chi connectivity index (χ3n) is 2.16. The lowest BCUT2D eigenvalue weighted by Gasteiger charge is -1.97. The Balaban J connectivity index is 2.40. The quantitative estimate of drug-likeness (QED) is 0.541. The summed E-state index contributed by atoms with van der Waals surface area (Å²) >= 11 is 0. The lowest BCUT2D eigenvalue weighted by atomic mass is 10.2. The van der Waals surface area contributed by atoms with Gasteiger partial charge in [0.2, 0.25) is 0 Å². The molecule has 0 aromatic carbocycles. The lowest BCUT2D eigenvalue weighted by molar-refractivity contribution is -0.697. The molecule has 0 radical (unpaired) electrons. The van der Waals surface area contributed by atoms with Crippen LogP contribution in [0.15, 0.2) is 24.5 Å². The van der Waals surface area contributed by atoms with Crippen molar-refractivity contribution in [1.82, 2.24) is 0 Å². The predicted octanol–water partition coefficient (Wildman–Crippen LogP) is 1.66. The van der Waals surface area contributed by atoms with Crippen molar-refractivity contribution in [1.29, 1.82) is 0 Å². The highest BCUT2D eigenvalue weighted by Crippen LogP contribution is 1.96. The monoisotopic (exact) mass is 180 g/mol. The zero-order valence-corrected chi connectivity index (χ0v) is 8.24. The van der Waals surface area contributed by atoms with E-state index in [0.29, 0.717) is 0 Å². The molecule has 0 aliphatic rings. The van der Waals surface area contributed by atoms with Crippen LogP contribution in [0.4, 0.5) is 0 Å². The molecule has 2 nitrogen and oxygen atoms in total. The maximum absolute atomic E-state index is 8.83. The van der Waals surface area contributed by atoms with E-state index in [-0.39, 0.29) is 6.61 Å². The van der Waals surface area contributed by atoms with Crippen LogP contribution in [-0.4, -0.2) is 5.11 Å². The number of aliphatic hydroxyl groups excluding tert-OH is 1. The maximum Gasteiger partial charge on any atom is 0.169 e. The van der Waals surface area contributed by atoms with Gasteiger partial charge in [0.05, 0.1) is 6.61 Å². The van der Waals surface area contributed by atoms with Crippen LogP contribution in [0.3, 0.4) is 0 Å². The third-order valence-corrected chi connectivity index (χ3v) is 2.16. The normalized spacial score (nSPS) is 10.3. The first-order chi connectivity index (χ1) is 6.36. The summed E-state index contributed by atoms with van der Waals surface area (Å²) < 4.78 is 2.16. The van der Waals surface area contributed by atoms with Gasteiger partial charge in [0.15, 0.2) is 12.4 Å². The molecule has 0 amide bonds. The molecule has 0 aliphatic heterocycles. The summed E-state index contributed by atoms with van der Waals surface area (Å²) in [6.07, 6.45) is 7.84. The molecule has 1 aromatic heterocycles. The molecule has 1 rings (SSSR count). The highest BCUT2D eigenvalue weighted by atomic mass is 16.3. The predicted molar refractivity (Wildman–Crippen MR) is 52.1 cm³/mol. The molecule has 0 bridgehead atoms. The minimum atomic E-state index is 0.135. The fraction of sp³-hybridized carbons (Fsp3) is 0.545. The summed E-state index contributed by atoms with van der Waals surface area (Å²) in [4.78, 5) is 0. The number of hydrogen-bond donors (Lipinski definition) is 1. The van der Waals surface area contributed by atoms with E-state index in [4.69, 9.17) is 5.11 Å². The van der Waals surface area contributed by atoms with Crippen molar-refractivity contribution in [2.45, 2.75) is 39.3 Å². The van der Waals surface area contributed by atoms with Crippen molar-refractivity contribution in [3.63, 3.8) is 0 Å². The summed E-state index contributed by atoms with van der Waals surface area (Å²) in [6.45, 7) is 3.43. The zero-order chi connectivity index (χ0) is 9.52. The van der Waals surface area contributed by atoms with E-state index in [9.17, 15) is 0 Å². The number of aromatic nitrogens is 1. The summed E-state index contributed by atoms with van der Waals surface area (Å²) in [7, 11) is 0. The first-order valence-corrected chi connectivity index (χ1v) is 4.95. The lowest BCUT2D eigenvalue weighted by Crippen LogP contribution is -2.32. The Morgan fingerprint density at radius 2 is 1.92 bits per heavy atom. The van der Waals surface area contributed by atoms with E-state index in [1.54, 1.807) is 0 Å². The average Bonchev–Trinajstić information content (AvgIpc) is 2.19. The molecular weight excluding hydrogens is 162 g/mol. The maximum atomic E-state index is 8.83. The average molecular weight is 180 g/mol. The van der Waals surface area contributed by atoms with Crippen molar-refractivity contribution in [2.24, 2.45) is 0 Å². The van der Waals surface area contributed by atoms with Gasteiger partial charge in [0.25, 0.3) is 0 Å². The topological polar surface area (TPSA) is 24.1 Å². The fourth-order valence-electron chi connectivity index (χ4n) is 1.29. The number of pyridine rings is 1. The molecule has 0 aliphatic carbocycles. The van der Waals surface area contributed by atoms with Gasteiger partial charge in [-0.3, -0.25) is 0 Å². The molecule has 13 heavy (non-hydrogen) atoms. The summed E-state index contributed by atoms with van der Waals surface area (Å²) in [5, 5.41) is 8.83. The van der Waals surface area contributed by atoms with Gasteiger partial charge in [-0.25, -0.2) is 4.57 Å². The standard InChI is InChI=1S/C11H18NO/c1-2-3-4-7-12-8-5-11(10-13)6-9-12/h5-6,8-9,13H,2-4,7,10H2,1H3/q+1. The minimum absolute atomic E-state index is 0.135. The van der Waals surface area contributed by atoms with Crippen molar-refractivity contribution < 1.29 is 9.67 Å². The minimum Gasteiger partial charge on any atom is -0.392 e. The molecule has 0 saturated heterocycles. The van der Waals surface area contributed by atoms with Crippen molar-refractivity contribution in [3.8, 4) is 0 Å². The van der Waals surface area contributed by atoms with Gasteiger partial charge in [0, 0.05) is 18.6 Å². The summed E-state index contributed by atoms with van der Waals surface area (Å²) in [5.41, 5.74) is 0.978. The highest BCUT2D eigenvalue weighted by Gasteiger charge is 1.98. The fourth-order valence-corrected chi connectivity index (χ4v) is 1.29. The van der Waals surface area contributed by atoms with Crippen LogP contribution < -0.4 is 4.57 Å². The van der Waals surface area contributed by atoms with Gasteiger partial charge in [-0.15, -0.1) is 0 Å². The number of nitrogens with zero attached hydrogens (tertiary/aromatic N) is 1. The van der Waals surface area contributed by atoms with Crippen LogP contribution >= 0.6 is 0 Å². The second-order valence-electron chi connectivity index (χ2n) is 3.31. The first kappa shape index (κ1) is 10.2. The van der Waals surface area contributed by atoms with Gasteiger partial charge in [-0.2, -0.15) is 0 Å². The van der Waals surface area contributed by atoms with Crippen molar-refractivity contribution in [3.05, 3.63) is 30.1 Å². The third kappa shape index (κ3) is 3.55. The Labute approximate surface area is 79.8 Å². The molecule has 1 N–H and O–H groups in total. The van der Waals surface area contributed by atoms with Crippen LogP contribution in [0, 0.1) is 0 Å². The SMILES string of the molecule is CCCCC[n+]1ccc(CO)cc1. The van der Waals surface area contributed by atoms with Gasteiger partial charge in [-0.1, -0.05) is 13.3 Å². The van der Waals surface area contributed by atoms with Gasteiger partial charge in [-0.05, 0) is 12.0 Å². The Kier molecular flexibility index (Phi) is 4.47. The van der Waals surface area contributed by atoms with Crippen LogP contribution in [0.5, 0.6) is 0 Å². The number of rotatable bonds is 5. The molecule has 0 unspecified atom stereocenters. The van der Waals surface area contributed by atoms with Gasteiger partial charge >= 0.3 is 0 Å². The van der Waals surface area contributed by atoms with Crippen LogP contribution in [0.25, 0.3) is 0 Å². The molecule has 1 aromatic rings. The molecule has 0 fully saturated rings. The van der Waals surface area contributed by atoms with E-state index >= 15 is 0 Å². The molecule has 0 atom stereocenters. The molecular formula is C11H18NO+. The van der Waals surface area contributed by atoms with Crippen LogP contribution in [0.1, 0.15) is 31.7 Å². The summed E-state index contributed by atoms with van der Waals surface area (Å²) in [6, 6.07) is 3.93. The molecule has 72 valence electrons. The smallest absolute Gasteiger partial charge is 0.169 e. The van der Waals surface area contributed by atoms with E-state index < -0.39 is 0 Å². The van der Waals surface area contributed by atoms with E-state index in [2.05, 4.69) is 11.5 Å². The Bertz CT molecular complexity index is 230. The van der Waals surface area contributed by atoms with Crippen molar-refractivity contribution in [2.75, 3.05) is 0 Å². The Hall–Kier alpha value is -0.890. The summed E-state index contributed by atoms with van der Waals surface area (Å²) in [5.74, 6) is 0. The Morgan fingerprint density at radius 1 is 1.23 bits per heavy atom. The first-order valence-electron chi connectivity index (χ1n) is 4.95. The largest absolute Gasteiger partial charge is 0.392 e. The van der Waals surface area contributed by atoms with Gasteiger partial charge < -0.3 is 5.11 Å². The molecule has 0 saturated carbocycles. The second kappa shape index (κ2) is 5.70. The number of aryl methyl sites for hydroxylation is 1. The molecule has 0 spiro atoms. The highest BCUT2D eigenvalue weighted by molar-refractivity contribution is 5.04.